The molecule has 0 radical (unpaired) electrons. The van der Waals surface area contributed by atoms with E-state index < -0.39 is 14.4 Å². The van der Waals surface area contributed by atoms with Crippen molar-refractivity contribution in [2.75, 3.05) is 0 Å². The topological polar surface area (TPSA) is 0 Å². The van der Waals surface area contributed by atoms with Gasteiger partial charge in [0.1, 0.15) is 0 Å². The third-order valence-electron chi connectivity index (χ3n) is 4.82. The second kappa shape index (κ2) is 15.8. The molecule has 0 bridgehead atoms. The molecule has 132 valence electrons. The molecule has 0 saturated carbocycles. The van der Waals surface area contributed by atoms with E-state index in [1.807, 2.05) is 0 Å². The van der Waals surface area contributed by atoms with Crippen LogP contribution in [0.1, 0.15) is 104 Å². The monoisotopic (exact) mass is 528 g/mol. The Morgan fingerprint density at radius 2 is 1.09 bits per heavy atom. The molecule has 0 aliphatic rings. The van der Waals surface area contributed by atoms with Gasteiger partial charge in [-0.2, -0.15) is 0 Å². The molecule has 0 heterocycles. The molecule has 0 atom stereocenters. The Balaban J connectivity index is 3.91. The number of halogens is 1. The molecule has 0 rings (SSSR count). The summed E-state index contributed by atoms with van der Waals surface area (Å²) in [5.74, 6) is 0. The summed E-state index contributed by atoms with van der Waals surface area (Å²) in [4.78, 5) is 0. The minimum atomic E-state index is -2.02. The van der Waals surface area contributed by atoms with Crippen molar-refractivity contribution in [3.8, 4) is 0 Å². The van der Waals surface area contributed by atoms with E-state index in [0.717, 1.165) is 0 Å². The van der Waals surface area contributed by atoms with Crippen LogP contribution in [0.15, 0.2) is 10.2 Å². The van der Waals surface area contributed by atoms with Crippen molar-refractivity contribution in [3.63, 3.8) is 0 Å². The maximum absolute atomic E-state index is 4.58. The van der Waals surface area contributed by atoms with Crippen LogP contribution in [0, 0.1) is 0 Å². The summed E-state index contributed by atoms with van der Waals surface area (Å²) in [5.41, 5.74) is 0. The predicted molar refractivity (Wildman–Crippen MR) is 116 cm³/mol. The normalized spacial score (nSPS) is 11.8. The molecule has 0 aromatic rings. The van der Waals surface area contributed by atoms with Crippen molar-refractivity contribution in [2.45, 2.75) is 113 Å². The molecule has 0 amide bonds. The molecule has 0 aromatic carbocycles. The Morgan fingerprint density at radius 3 is 1.55 bits per heavy atom. The Bertz CT molecular complexity index is 254. The summed E-state index contributed by atoms with van der Waals surface area (Å²) in [6.45, 7) is 11.5. The molecule has 0 nitrogen and oxygen atoms in total. The van der Waals surface area contributed by atoms with Crippen LogP contribution in [0.4, 0.5) is 0 Å². The van der Waals surface area contributed by atoms with Crippen LogP contribution in [0.2, 0.25) is 8.87 Å². The fraction of sp³-hybridized carbons (Fsp3) is 0.900. The van der Waals surface area contributed by atoms with Gasteiger partial charge in [0, 0.05) is 0 Å². The van der Waals surface area contributed by atoms with Gasteiger partial charge in [0.15, 0.2) is 0 Å². The zero-order valence-corrected chi connectivity index (χ0v) is 20.7. The summed E-state index contributed by atoms with van der Waals surface area (Å²) in [7, 11) is 0. The summed E-state index contributed by atoms with van der Waals surface area (Å²) < 4.78 is 4.83. The fourth-order valence-electron chi connectivity index (χ4n) is 3.09. The van der Waals surface area contributed by atoms with Crippen LogP contribution in [-0.2, 0) is 0 Å². The molecule has 0 aromatic heterocycles. The second-order valence-electron chi connectivity index (χ2n) is 7.00. The first kappa shape index (κ1) is 23.3. The first-order chi connectivity index (χ1) is 10.6. The first-order valence-electron chi connectivity index (χ1n) is 9.97. The van der Waals surface area contributed by atoms with Gasteiger partial charge >= 0.3 is 156 Å². The Kier molecular flexibility index (Phi) is 16.7. The van der Waals surface area contributed by atoms with E-state index in [2.05, 4.69) is 46.0 Å². The average Bonchev–Trinajstić information content (AvgIpc) is 2.53. The zero-order valence-electron chi connectivity index (χ0n) is 15.7. The Morgan fingerprint density at radius 1 is 0.682 bits per heavy atom. The van der Waals surface area contributed by atoms with E-state index in [9.17, 15) is 0 Å². The van der Waals surface area contributed by atoms with Crippen molar-refractivity contribution >= 4 is 33.0 Å². The molecular formula is C20H41ISn. The molecule has 0 aliphatic heterocycles. The third-order valence-corrected chi connectivity index (χ3v) is 28.0. The van der Waals surface area contributed by atoms with E-state index in [0.29, 0.717) is 0 Å². The van der Waals surface area contributed by atoms with Crippen LogP contribution in [0.3, 0.4) is 0 Å². The molecule has 0 unspecified atom stereocenters. The van der Waals surface area contributed by atoms with Gasteiger partial charge in [-0.25, -0.2) is 0 Å². The van der Waals surface area contributed by atoms with Crippen LogP contribution in [-0.4, -0.2) is 14.4 Å². The summed E-state index contributed by atoms with van der Waals surface area (Å²) in [5, 5.41) is 0. The minimum absolute atomic E-state index is 1.35. The van der Waals surface area contributed by atoms with Crippen molar-refractivity contribution in [3.05, 3.63) is 10.2 Å². The molecule has 2 heteroatoms. The van der Waals surface area contributed by atoms with Crippen molar-refractivity contribution in [1.82, 2.24) is 0 Å². The predicted octanol–water partition coefficient (Wildman–Crippen LogP) is 8.59. The SMILES string of the molecule is C=[C](CCCCCCCCCC)[Sn]([I])([CH2]CCC)[CH2]CCC. The molecule has 0 aliphatic carbocycles. The van der Waals surface area contributed by atoms with E-state index in [1.165, 1.54) is 83.5 Å². The number of unbranched alkanes of at least 4 members (excludes halogenated alkanes) is 9. The van der Waals surface area contributed by atoms with Crippen molar-refractivity contribution in [2.24, 2.45) is 0 Å². The summed E-state index contributed by atoms with van der Waals surface area (Å²) in [6, 6.07) is 0. The number of hydrogen-bond acceptors (Lipinski definition) is 0. The summed E-state index contributed by atoms with van der Waals surface area (Å²) in [6.07, 6.45) is 18.4. The first-order valence-corrected chi connectivity index (χ1v) is 23.8. The van der Waals surface area contributed by atoms with Crippen LogP contribution in [0.5, 0.6) is 0 Å². The zero-order chi connectivity index (χ0) is 16.7. The van der Waals surface area contributed by atoms with Crippen LogP contribution < -0.4 is 0 Å². The second-order valence-corrected chi connectivity index (χ2v) is 31.2. The molecule has 0 fully saturated rings. The maximum atomic E-state index is 4.58. The van der Waals surface area contributed by atoms with Gasteiger partial charge in [0.25, 0.3) is 0 Å². The number of rotatable bonds is 16. The van der Waals surface area contributed by atoms with Crippen molar-refractivity contribution < 1.29 is 0 Å². The van der Waals surface area contributed by atoms with E-state index in [1.54, 1.807) is 12.5 Å². The summed E-state index contributed by atoms with van der Waals surface area (Å²) >= 11 is 0.925. The molecule has 0 N–H and O–H groups in total. The number of allylic oxidation sites excluding steroid dienone is 1. The van der Waals surface area contributed by atoms with Gasteiger partial charge in [-0.1, -0.05) is 0 Å². The van der Waals surface area contributed by atoms with E-state index >= 15 is 0 Å². The molecule has 22 heavy (non-hydrogen) atoms. The van der Waals surface area contributed by atoms with E-state index in [-0.39, 0.29) is 0 Å². The average molecular weight is 527 g/mol. The molecule has 0 spiro atoms. The van der Waals surface area contributed by atoms with Crippen LogP contribution in [0.25, 0.3) is 0 Å². The molecule has 0 saturated heterocycles. The van der Waals surface area contributed by atoms with Gasteiger partial charge in [0.2, 0.25) is 0 Å². The van der Waals surface area contributed by atoms with Crippen LogP contribution >= 0.6 is 18.6 Å². The Hall–Kier alpha value is 1.27. The number of hydrogen-bond donors (Lipinski definition) is 0. The van der Waals surface area contributed by atoms with Gasteiger partial charge in [0.05, 0.1) is 0 Å². The third kappa shape index (κ3) is 11.8. The van der Waals surface area contributed by atoms with Gasteiger partial charge in [-0.05, 0) is 0 Å². The Labute approximate surface area is 155 Å². The van der Waals surface area contributed by atoms with Crippen molar-refractivity contribution in [1.29, 1.82) is 0 Å². The standard InChI is InChI=1S/C12H23.2C4H9.HI.Sn/c1-3-5-7-9-11-12-10-8-6-4-2;2*1-3-4-2;;/h1,4-12H2,2H3;2*1,3-4H2,2H3;1H;/q;;;;+1/p-1. The van der Waals surface area contributed by atoms with E-state index in [4.69, 9.17) is 0 Å². The fourth-order valence-corrected chi connectivity index (χ4v) is 19.7. The molecular weight excluding hydrogens is 486 g/mol. The van der Waals surface area contributed by atoms with Gasteiger partial charge in [-0.3, -0.25) is 0 Å². The van der Waals surface area contributed by atoms with Gasteiger partial charge in [-0.15, -0.1) is 0 Å². The van der Waals surface area contributed by atoms with Gasteiger partial charge < -0.3 is 0 Å². The quantitative estimate of drug-likeness (QED) is 0.107.